The first kappa shape index (κ1) is 9.83. The molecule has 0 radical (unpaired) electrons. The van der Waals surface area contributed by atoms with Gasteiger partial charge < -0.3 is 9.47 Å². The summed E-state index contributed by atoms with van der Waals surface area (Å²) in [5, 5.41) is 1.93. The minimum Gasteiger partial charge on any atom is -0.350 e. The van der Waals surface area contributed by atoms with Gasteiger partial charge in [-0.15, -0.1) is 11.3 Å². The summed E-state index contributed by atoms with van der Waals surface area (Å²) < 4.78 is 10.4. The van der Waals surface area contributed by atoms with Gasteiger partial charge in [0.05, 0.1) is 24.5 Å². The Kier molecular flexibility index (Phi) is 2.96. The van der Waals surface area contributed by atoms with Crippen molar-refractivity contribution in [3.8, 4) is 0 Å². The summed E-state index contributed by atoms with van der Waals surface area (Å²) in [6.45, 7) is 3.14. The Bertz CT molecular complexity index is 326. The highest BCUT2D eigenvalue weighted by Gasteiger charge is 2.21. The fraction of sp³-hybridized carbons (Fsp3) is 0.500. The second-order valence-corrected chi connectivity index (χ2v) is 4.15. The summed E-state index contributed by atoms with van der Waals surface area (Å²) in [7, 11) is 0. The molecule has 1 aliphatic rings. The summed E-state index contributed by atoms with van der Waals surface area (Å²) >= 11 is 1.48. The zero-order valence-corrected chi connectivity index (χ0v) is 8.80. The number of Topliss-reactive ketones (excluding diaryl/α,β-unsaturated/α-hetero) is 1. The molecule has 0 bridgehead atoms. The van der Waals surface area contributed by atoms with Crippen molar-refractivity contribution in [3.63, 3.8) is 0 Å². The predicted octanol–water partition coefficient (Wildman–Crippen LogP) is 2.00. The lowest BCUT2D eigenvalue weighted by Gasteiger charge is -2.06. The molecule has 0 amide bonds. The Balaban J connectivity index is 1.98. The molecule has 0 atom stereocenters. The van der Waals surface area contributed by atoms with Gasteiger partial charge in [-0.2, -0.15) is 0 Å². The van der Waals surface area contributed by atoms with E-state index < -0.39 is 0 Å². The number of carbonyl (C=O) groups is 1. The minimum absolute atomic E-state index is 0.115. The average molecular weight is 212 g/mol. The molecule has 3 nitrogen and oxygen atoms in total. The minimum atomic E-state index is -0.330. The molecule has 1 aromatic rings. The first-order valence-corrected chi connectivity index (χ1v) is 5.46. The molecule has 0 N–H and O–H groups in total. The second-order valence-electron chi connectivity index (χ2n) is 3.23. The number of ketones is 1. The lowest BCUT2D eigenvalue weighted by atomic mass is 10.2. The van der Waals surface area contributed by atoms with Crippen LogP contribution in [0.4, 0.5) is 0 Å². The zero-order valence-electron chi connectivity index (χ0n) is 7.99. The van der Waals surface area contributed by atoms with Crippen LogP contribution in [0.25, 0.3) is 0 Å². The third-order valence-electron chi connectivity index (χ3n) is 2.16. The van der Waals surface area contributed by atoms with Crippen LogP contribution in [0, 0.1) is 6.92 Å². The van der Waals surface area contributed by atoms with Crippen molar-refractivity contribution < 1.29 is 14.3 Å². The fourth-order valence-electron chi connectivity index (χ4n) is 1.43. The first-order chi connectivity index (χ1) is 6.77. The Morgan fingerprint density at radius 1 is 1.57 bits per heavy atom. The first-order valence-electron chi connectivity index (χ1n) is 4.58. The molecule has 1 fully saturated rings. The monoisotopic (exact) mass is 212 g/mol. The van der Waals surface area contributed by atoms with Crippen LogP contribution in [0.5, 0.6) is 0 Å². The van der Waals surface area contributed by atoms with Gasteiger partial charge in [0.2, 0.25) is 0 Å². The lowest BCUT2D eigenvalue weighted by Crippen LogP contribution is -2.14. The normalized spacial score (nSPS) is 17.5. The van der Waals surface area contributed by atoms with Crippen molar-refractivity contribution in [1.82, 2.24) is 0 Å². The Labute approximate surface area is 86.6 Å². The van der Waals surface area contributed by atoms with Crippen LogP contribution >= 0.6 is 11.3 Å². The van der Waals surface area contributed by atoms with Crippen molar-refractivity contribution >= 4 is 17.1 Å². The van der Waals surface area contributed by atoms with Gasteiger partial charge in [0.1, 0.15) is 0 Å². The number of thiophene rings is 1. The summed E-state index contributed by atoms with van der Waals surface area (Å²) in [4.78, 5) is 12.6. The van der Waals surface area contributed by atoms with E-state index in [-0.39, 0.29) is 12.1 Å². The van der Waals surface area contributed by atoms with E-state index in [4.69, 9.17) is 9.47 Å². The molecular weight excluding hydrogens is 200 g/mol. The van der Waals surface area contributed by atoms with E-state index in [0.29, 0.717) is 19.6 Å². The van der Waals surface area contributed by atoms with Gasteiger partial charge >= 0.3 is 0 Å². The number of carbonyl (C=O) groups excluding carboxylic acids is 1. The van der Waals surface area contributed by atoms with E-state index in [9.17, 15) is 4.79 Å². The lowest BCUT2D eigenvalue weighted by molar-refractivity contribution is -0.0407. The van der Waals surface area contributed by atoms with Crippen molar-refractivity contribution in [1.29, 1.82) is 0 Å². The smallest absolute Gasteiger partial charge is 0.178 e. The maximum atomic E-state index is 11.7. The highest BCUT2D eigenvalue weighted by molar-refractivity contribution is 7.12. The van der Waals surface area contributed by atoms with E-state index in [2.05, 4.69) is 0 Å². The average Bonchev–Trinajstić information content (AvgIpc) is 2.75. The van der Waals surface area contributed by atoms with Crippen LogP contribution in [0.2, 0.25) is 0 Å². The molecule has 0 unspecified atom stereocenters. The molecule has 76 valence electrons. The van der Waals surface area contributed by atoms with E-state index in [1.54, 1.807) is 0 Å². The van der Waals surface area contributed by atoms with Gasteiger partial charge in [-0.25, -0.2) is 0 Å². The van der Waals surface area contributed by atoms with E-state index in [1.807, 2.05) is 18.4 Å². The Morgan fingerprint density at radius 2 is 2.29 bits per heavy atom. The maximum absolute atomic E-state index is 11.7. The molecule has 0 spiro atoms. The molecule has 2 rings (SSSR count). The van der Waals surface area contributed by atoms with Gasteiger partial charge in [0.15, 0.2) is 12.1 Å². The molecule has 14 heavy (non-hydrogen) atoms. The second kappa shape index (κ2) is 4.21. The van der Waals surface area contributed by atoms with Gasteiger partial charge in [-0.3, -0.25) is 4.79 Å². The van der Waals surface area contributed by atoms with Crippen LogP contribution < -0.4 is 0 Å². The van der Waals surface area contributed by atoms with Gasteiger partial charge in [0, 0.05) is 0 Å². The number of hydrogen-bond acceptors (Lipinski definition) is 4. The molecule has 1 aromatic heterocycles. The summed E-state index contributed by atoms with van der Waals surface area (Å²) in [6, 6.07) is 1.95. The standard InChI is InChI=1S/C10H12O3S/c1-7-2-5-14-10(7)8(11)6-9-12-3-4-13-9/h2,5,9H,3-4,6H2,1H3. The summed E-state index contributed by atoms with van der Waals surface area (Å²) in [5.41, 5.74) is 1.04. The number of ether oxygens (including phenoxy) is 2. The number of hydrogen-bond donors (Lipinski definition) is 0. The van der Waals surface area contributed by atoms with Gasteiger partial charge in [-0.05, 0) is 23.9 Å². The molecule has 4 heteroatoms. The van der Waals surface area contributed by atoms with Crippen LogP contribution in [-0.4, -0.2) is 25.3 Å². The van der Waals surface area contributed by atoms with Crippen molar-refractivity contribution in [2.24, 2.45) is 0 Å². The van der Waals surface area contributed by atoms with Crippen molar-refractivity contribution in [2.75, 3.05) is 13.2 Å². The molecule has 0 aromatic carbocycles. The molecule has 2 heterocycles. The van der Waals surface area contributed by atoms with E-state index in [1.165, 1.54) is 11.3 Å². The van der Waals surface area contributed by atoms with E-state index >= 15 is 0 Å². The van der Waals surface area contributed by atoms with Gasteiger partial charge in [0.25, 0.3) is 0 Å². The van der Waals surface area contributed by atoms with Crippen LogP contribution in [0.1, 0.15) is 21.7 Å². The SMILES string of the molecule is Cc1ccsc1C(=O)CC1OCCO1. The topological polar surface area (TPSA) is 35.5 Å². The molecule has 1 saturated heterocycles. The van der Waals surface area contributed by atoms with Crippen LogP contribution in [0.3, 0.4) is 0 Å². The highest BCUT2D eigenvalue weighted by Crippen LogP contribution is 2.20. The van der Waals surface area contributed by atoms with Gasteiger partial charge in [-0.1, -0.05) is 0 Å². The quantitative estimate of drug-likeness (QED) is 0.719. The highest BCUT2D eigenvalue weighted by atomic mass is 32.1. The van der Waals surface area contributed by atoms with Crippen LogP contribution in [-0.2, 0) is 9.47 Å². The molecule has 1 aliphatic heterocycles. The van der Waals surface area contributed by atoms with Crippen molar-refractivity contribution in [3.05, 3.63) is 21.9 Å². The zero-order chi connectivity index (χ0) is 9.97. The van der Waals surface area contributed by atoms with Crippen LogP contribution in [0.15, 0.2) is 11.4 Å². The Morgan fingerprint density at radius 3 is 2.86 bits per heavy atom. The summed E-state index contributed by atoms with van der Waals surface area (Å²) in [5.74, 6) is 0.115. The molecule has 0 aliphatic carbocycles. The molecule has 0 saturated carbocycles. The fourth-order valence-corrected chi connectivity index (χ4v) is 2.30. The third-order valence-corrected chi connectivity index (χ3v) is 3.22. The van der Waals surface area contributed by atoms with Crippen molar-refractivity contribution in [2.45, 2.75) is 19.6 Å². The number of rotatable bonds is 3. The van der Waals surface area contributed by atoms with E-state index in [0.717, 1.165) is 10.4 Å². The third kappa shape index (κ3) is 2.03. The maximum Gasteiger partial charge on any atom is 0.178 e. The summed E-state index contributed by atoms with van der Waals surface area (Å²) in [6.07, 6.45) is 0.00505. The molecular formula is C10H12O3S. The number of aryl methyl sites for hydroxylation is 1. The largest absolute Gasteiger partial charge is 0.350 e. The predicted molar refractivity (Wildman–Crippen MR) is 53.7 cm³/mol. The Hall–Kier alpha value is -0.710.